The average Bonchev–Trinajstić information content (AvgIpc) is 4.06. The third-order valence-electron chi connectivity index (χ3n) is 12.6. The summed E-state index contributed by atoms with van der Waals surface area (Å²) in [4.78, 5) is 4.89. The van der Waals surface area contributed by atoms with Crippen molar-refractivity contribution in [1.82, 2.24) is 23.3 Å². The molecule has 0 fully saturated rings. The Bertz CT molecular complexity index is 4210. The zero-order chi connectivity index (χ0) is 56.0. The van der Waals surface area contributed by atoms with Gasteiger partial charge in [0.2, 0.25) is 5.69 Å². The zero-order valence-corrected chi connectivity index (χ0v) is 41.5. The van der Waals surface area contributed by atoms with Crippen LogP contribution in [0.5, 0.6) is 11.5 Å². The molecule has 0 saturated heterocycles. The second kappa shape index (κ2) is 16.4. The van der Waals surface area contributed by atoms with Gasteiger partial charge < -0.3 is 13.9 Å². The number of aromatic nitrogens is 3. The molecule has 0 amide bonds. The molecule has 6 nitrogen and oxygen atoms in total. The predicted octanol–water partition coefficient (Wildman–Crippen LogP) is 15.7. The summed E-state index contributed by atoms with van der Waals surface area (Å²) in [7, 11) is 0. The van der Waals surface area contributed by atoms with Crippen molar-refractivity contribution in [3.63, 3.8) is 0 Å². The fourth-order valence-electron chi connectivity index (χ4n) is 8.91. The molecule has 338 valence electrons. The van der Waals surface area contributed by atoms with E-state index in [1.54, 1.807) is 30.5 Å². The number of fused-ring (bicyclic) bond motifs is 7. The summed E-state index contributed by atoms with van der Waals surface area (Å²) in [5.74, 6) is 1.24. The summed E-state index contributed by atoms with van der Waals surface area (Å²) in [6.45, 7) is 16.9. The zero-order valence-electron chi connectivity index (χ0n) is 50.3. The third kappa shape index (κ3) is 7.70. The van der Waals surface area contributed by atoms with Crippen LogP contribution in [0, 0.1) is 19.0 Å². The van der Waals surface area contributed by atoms with E-state index < -0.39 is 55.2 Å². The summed E-state index contributed by atoms with van der Waals surface area (Å²) < 4.78 is 110. The molecular formula is C61H55N5OPt+2. The standard InChI is InChI=1S/C61H55N5O.Pt/c1-39-17-15-24-54-58(39)64(45-32-41(60(5,6)7)31-42(33-45)61(8,9)10)38-63(54)43-18-16-19-46(35-43)67-47-26-28-51-50-27-25-44(65-52-22-13-11-20-48(52)49-21-12-14-23-53(49)65)36-55(50)66(56(51)37-47)57-34-40(29-30-62-57)59(2,3)4;/h11-34,36H,1-10H3;/q;+2/i1D3,11D,12D,13D,14D,20D,21D,22D,23D;. The average molecular weight is 1080 g/mol. The number of aryl methyl sites for hydroxylation is 1. The molecule has 10 aromatic rings. The molecule has 7 aromatic carbocycles. The largest absolute Gasteiger partial charge is 2.00 e. The monoisotopic (exact) mass is 1080 g/mol. The first-order valence-electron chi connectivity index (χ1n) is 27.9. The van der Waals surface area contributed by atoms with Crippen LogP contribution in [0.25, 0.3) is 55.1 Å². The number of ether oxygens (including phenoxy) is 1. The number of hydrogen-bond donors (Lipinski definition) is 0. The molecule has 7 heteroatoms. The van der Waals surface area contributed by atoms with Crippen molar-refractivity contribution >= 4 is 72.4 Å². The Balaban J connectivity index is 0.00000704. The molecule has 0 radical (unpaired) electrons. The minimum atomic E-state index is -2.44. The molecule has 68 heavy (non-hydrogen) atoms. The molecule has 0 N–H and O–H groups in total. The molecule has 1 aliphatic rings. The van der Waals surface area contributed by atoms with Crippen LogP contribution in [0.4, 0.5) is 22.7 Å². The fraction of sp³-hybridized carbons (Fsp3) is 0.213. The van der Waals surface area contributed by atoms with Crippen LogP contribution in [0.1, 0.15) is 99.6 Å². The smallest absolute Gasteiger partial charge is 0.509 e. The molecule has 3 aromatic heterocycles. The quantitative estimate of drug-likeness (QED) is 0.123. The maximum atomic E-state index is 9.15. The van der Waals surface area contributed by atoms with Gasteiger partial charge in [0.25, 0.3) is 5.69 Å². The fourth-order valence-corrected chi connectivity index (χ4v) is 8.91. The number of benzene rings is 7. The molecule has 0 spiro atoms. The molecule has 1 aliphatic heterocycles. The second-order valence-corrected chi connectivity index (χ2v) is 20.3. The van der Waals surface area contributed by atoms with Gasteiger partial charge >= 0.3 is 32.8 Å². The van der Waals surface area contributed by atoms with E-state index in [9.17, 15) is 0 Å². The van der Waals surface area contributed by atoms with E-state index >= 15 is 0 Å². The van der Waals surface area contributed by atoms with Gasteiger partial charge in [-0.25, -0.2) is 4.98 Å². The number of para-hydroxylation sites is 3. The third-order valence-corrected chi connectivity index (χ3v) is 12.6. The van der Waals surface area contributed by atoms with Gasteiger partial charge in [0.05, 0.1) is 22.0 Å². The van der Waals surface area contributed by atoms with E-state index in [4.69, 9.17) is 24.8 Å². The van der Waals surface area contributed by atoms with Gasteiger partial charge in [-0.05, 0) is 86.1 Å². The van der Waals surface area contributed by atoms with Crippen LogP contribution in [-0.2, 0) is 37.3 Å². The van der Waals surface area contributed by atoms with Crippen LogP contribution in [0.3, 0.4) is 0 Å². The Hall–Kier alpha value is -6.84. The van der Waals surface area contributed by atoms with E-state index in [1.807, 2.05) is 68.3 Å². The molecule has 11 rings (SSSR count). The van der Waals surface area contributed by atoms with Crippen molar-refractivity contribution in [3.05, 3.63) is 186 Å². The Morgan fingerprint density at radius 2 is 1.25 bits per heavy atom. The number of nitrogens with zero attached hydrogens (tertiary/aromatic N) is 5. The van der Waals surface area contributed by atoms with Crippen LogP contribution in [0.15, 0.2) is 152 Å². The predicted molar refractivity (Wildman–Crippen MR) is 279 cm³/mol. The molecule has 0 saturated carbocycles. The molecule has 0 bridgehead atoms. The first-order valence-corrected chi connectivity index (χ1v) is 22.4. The van der Waals surface area contributed by atoms with Gasteiger partial charge in [-0.2, -0.15) is 12.1 Å². The van der Waals surface area contributed by atoms with Crippen LogP contribution in [-0.4, -0.2) is 20.1 Å². The van der Waals surface area contributed by atoms with Gasteiger partial charge in [-0.15, -0.1) is 23.6 Å². The van der Waals surface area contributed by atoms with Gasteiger partial charge in [0.1, 0.15) is 11.5 Å². The van der Waals surface area contributed by atoms with Crippen molar-refractivity contribution in [3.8, 4) is 23.0 Å². The molecular weight excluding hydrogens is 1010 g/mol. The summed E-state index contributed by atoms with van der Waals surface area (Å²) >= 11 is 0. The number of pyridine rings is 1. The van der Waals surface area contributed by atoms with E-state index in [-0.39, 0.29) is 64.7 Å². The Labute approximate surface area is 429 Å². The van der Waals surface area contributed by atoms with E-state index in [0.29, 0.717) is 51.1 Å². The van der Waals surface area contributed by atoms with Crippen molar-refractivity contribution < 1.29 is 40.9 Å². The van der Waals surface area contributed by atoms with Gasteiger partial charge in [-0.1, -0.05) is 145 Å². The summed E-state index contributed by atoms with van der Waals surface area (Å²) in [5, 5.41) is 1.54. The molecule has 0 unspecified atom stereocenters. The summed E-state index contributed by atoms with van der Waals surface area (Å²) in [6.07, 6.45) is 1.75. The van der Waals surface area contributed by atoms with Crippen molar-refractivity contribution in [2.75, 3.05) is 0 Å². The number of rotatable bonds is 6. The van der Waals surface area contributed by atoms with Gasteiger partial charge in [-0.3, -0.25) is 0 Å². The molecule has 0 atom stereocenters. The van der Waals surface area contributed by atoms with Gasteiger partial charge in [0.15, 0.2) is 0 Å². The Morgan fingerprint density at radius 3 is 1.93 bits per heavy atom. The van der Waals surface area contributed by atoms with Crippen LogP contribution >= 0.6 is 0 Å². The molecule has 0 aliphatic carbocycles. The first kappa shape index (κ1) is 33.6. The van der Waals surface area contributed by atoms with Crippen molar-refractivity contribution in [2.45, 2.75) is 85.4 Å². The topological polar surface area (TPSA) is 38.0 Å². The minimum Gasteiger partial charge on any atom is -0.509 e. The van der Waals surface area contributed by atoms with Crippen LogP contribution < -0.4 is 13.9 Å². The first-order chi connectivity index (χ1) is 36.5. The molecule has 4 heterocycles. The number of hydrogen-bond acceptors (Lipinski definition) is 2. The maximum Gasteiger partial charge on any atom is 2.00 e. The minimum absolute atomic E-state index is 0. The Kier molecular flexibility index (Phi) is 8.13. The maximum absolute atomic E-state index is 9.15. The normalized spacial score (nSPS) is 15.5. The summed E-state index contributed by atoms with van der Waals surface area (Å²) in [6, 6.07) is 37.2. The Morgan fingerprint density at radius 1 is 0.603 bits per heavy atom. The summed E-state index contributed by atoms with van der Waals surface area (Å²) in [5.41, 5.74) is 6.79. The second-order valence-electron chi connectivity index (χ2n) is 20.3. The van der Waals surface area contributed by atoms with Crippen molar-refractivity contribution in [1.29, 1.82) is 0 Å². The van der Waals surface area contributed by atoms with Gasteiger partial charge in [0, 0.05) is 67.5 Å². The SMILES string of the molecule is [2H]c1c([2H])c([2H])c2c(c1[2H])c1c([2H])c([2H])c([2H])c([2H])c1n2-c1ccc2c3ccc(Oc4[c-]c([N+]5=C=[N+](c6cc(C(C)(C)C)cc(C(C)(C)C)c6)c6c5cccc6C([2H])([2H])[2H])ccc4)[c-]c3n(-c3cc(C(C)(C)C)ccn3)c2c1.[Pt+2]. The van der Waals surface area contributed by atoms with E-state index in [1.165, 1.54) is 4.57 Å². The van der Waals surface area contributed by atoms with E-state index in [0.717, 1.165) is 33.2 Å². The van der Waals surface area contributed by atoms with Crippen LogP contribution in [0.2, 0.25) is 0 Å². The van der Waals surface area contributed by atoms with Crippen molar-refractivity contribution in [2.24, 2.45) is 0 Å². The van der Waals surface area contributed by atoms with E-state index in [2.05, 4.69) is 98.7 Å².